The minimum atomic E-state index is -0.617. The Bertz CT molecular complexity index is 1530. The van der Waals surface area contributed by atoms with E-state index in [1.54, 1.807) is 28.8 Å². The zero-order valence-corrected chi connectivity index (χ0v) is 21.2. The number of hydrogen-bond acceptors (Lipinski definition) is 3. The van der Waals surface area contributed by atoms with Gasteiger partial charge in [-0.25, -0.2) is 0 Å². The monoisotopic (exact) mass is 508 g/mol. The lowest BCUT2D eigenvalue weighted by atomic mass is 9.84. The highest BCUT2D eigenvalue weighted by atomic mass is 35.5. The first kappa shape index (κ1) is 24.8. The van der Waals surface area contributed by atoms with E-state index in [0.717, 1.165) is 22.2 Å². The molecule has 0 unspecified atom stereocenters. The van der Waals surface area contributed by atoms with E-state index in [9.17, 15) is 10.2 Å². The first-order valence-electron chi connectivity index (χ1n) is 12.3. The van der Waals surface area contributed by atoms with Crippen LogP contribution in [0.2, 0.25) is 5.02 Å². The molecule has 6 heteroatoms. The number of carbonyl (C=O) groups is 1. The summed E-state index contributed by atoms with van der Waals surface area (Å²) in [7, 11) is 0. The standard InChI is InChI=1S/C31H29ClN4O/c32-26-17-15-25(16-18-26)29(37)21-35-27-13-7-8-14-28(27)36(30(35)34)31(22-33,19-23-9-3-1-4-10-23)20-24-11-5-2-6-12-24/h1-18,34H,19-22,33H2. The number of nitrogens with zero attached hydrogens (tertiary/aromatic N) is 2. The third-order valence-electron chi connectivity index (χ3n) is 6.96. The van der Waals surface area contributed by atoms with Crippen molar-refractivity contribution in [3.63, 3.8) is 0 Å². The normalized spacial score (nSPS) is 11.6. The quantitative estimate of drug-likeness (QED) is 0.254. The zero-order valence-electron chi connectivity index (χ0n) is 20.5. The molecule has 0 saturated carbocycles. The number of fused-ring (bicyclic) bond motifs is 1. The molecule has 0 saturated heterocycles. The van der Waals surface area contributed by atoms with Crippen LogP contribution >= 0.6 is 11.6 Å². The molecule has 1 heterocycles. The van der Waals surface area contributed by atoms with Crippen molar-refractivity contribution in [1.82, 2.24) is 9.13 Å². The second-order valence-corrected chi connectivity index (χ2v) is 9.85. The maximum atomic E-state index is 13.3. The van der Waals surface area contributed by atoms with Crippen molar-refractivity contribution < 1.29 is 4.79 Å². The van der Waals surface area contributed by atoms with Crippen LogP contribution in [0.1, 0.15) is 21.5 Å². The maximum absolute atomic E-state index is 13.3. The van der Waals surface area contributed by atoms with Crippen molar-refractivity contribution in [2.45, 2.75) is 24.9 Å². The number of Topliss-reactive ketones (excluding diaryl/α,β-unsaturated/α-hetero) is 1. The summed E-state index contributed by atoms with van der Waals surface area (Å²) in [5, 5.41) is 9.93. The molecule has 0 aliphatic rings. The van der Waals surface area contributed by atoms with Gasteiger partial charge in [0.05, 0.1) is 23.1 Å². The van der Waals surface area contributed by atoms with Crippen molar-refractivity contribution >= 4 is 28.4 Å². The number of nitrogens with one attached hydrogen (secondary N) is 1. The molecular formula is C31H29ClN4O. The average molecular weight is 509 g/mol. The van der Waals surface area contributed by atoms with Gasteiger partial charge >= 0.3 is 0 Å². The van der Waals surface area contributed by atoms with Gasteiger partial charge < -0.3 is 14.9 Å². The van der Waals surface area contributed by atoms with Gasteiger partial charge in [-0.3, -0.25) is 10.2 Å². The van der Waals surface area contributed by atoms with Crippen LogP contribution in [-0.2, 0) is 24.9 Å². The fourth-order valence-corrected chi connectivity index (χ4v) is 5.28. The Morgan fingerprint density at radius 1 is 0.757 bits per heavy atom. The van der Waals surface area contributed by atoms with E-state index in [1.165, 1.54) is 0 Å². The van der Waals surface area contributed by atoms with Crippen LogP contribution in [0, 0.1) is 5.41 Å². The molecule has 0 atom stereocenters. The van der Waals surface area contributed by atoms with Crippen LogP contribution < -0.4 is 11.4 Å². The van der Waals surface area contributed by atoms with Gasteiger partial charge in [0.15, 0.2) is 5.78 Å². The van der Waals surface area contributed by atoms with Gasteiger partial charge in [0.25, 0.3) is 0 Å². The Morgan fingerprint density at radius 2 is 1.27 bits per heavy atom. The first-order valence-corrected chi connectivity index (χ1v) is 12.7. The van der Waals surface area contributed by atoms with E-state index in [-0.39, 0.29) is 17.9 Å². The number of rotatable bonds is 9. The third-order valence-corrected chi connectivity index (χ3v) is 7.21. The molecule has 0 amide bonds. The molecule has 0 bridgehead atoms. The topological polar surface area (TPSA) is 76.8 Å². The van der Waals surface area contributed by atoms with Crippen LogP contribution in [0.25, 0.3) is 11.0 Å². The van der Waals surface area contributed by atoms with Gasteiger partial charge in [0.2, 0.25) is 5.62 Å². The van der Waals surface area contributed by atoms with Crippen LogP contribution in [-0.4, -0.2) is 21.5 Å². The summed E-state index contributed by atoms with van der Waals surface area (Å²) >= 11 is 6.02. The van der Waals surface area contributed by atoms with Crippen LogP contribution in [0.5, 0.6) is 0 Å². The molecule has 5 nitrogen and oxygen atoms in total. The van der Waals surface area contributed by atoms with E-state index in [1.807, 2.05) is 65.2 Å². The highest BCUT2D eigenvalue weighted by Gasteiger charge is 2.35. The molecule has 0 spiro atoms. The molecule has 0 aliphatic heterocycles. The van der Waals surface area contributed by atoms with Gasteiger partial charge in [-0.2, -0.15) is 0 Å². The number of aromatic nitrogens is 2. The van der Waals surface area contributed by atoms with Gasteiger partial charge in [-0.15, -0.1) is 0 Å². The van der Waals surface area contributed by atoms with Crippen molar-refractivity contribution in [3.8, 4) is 0 Å². The summed E-state index contributed by atoms with van der Waals surface area (Å²) in [5.74, 6) is -0.0810. The molecule has 5 rings (SSSR count). The number of nitrogens with two attached hydrogens (primary N) is 1. The molecule has 0 aliphatic carbocycles. The largest absolute Gasteiger partial charge is 0.328 e. The van der Waals surface area contributed by atoms with Crippen molar-refractivity contribution in [2.75, 3.05) is 6.54 Å². The minimum absolute atomic E-state index is 0.0469. The Hall–Kier alpha value is -3.93. The predicted molar refractivity (Wildman–Crippen MR) is 149 cm³/mol. The smallest absolute Gasteiger partial charge is 0.204 e. The first-order chi connectivity index (χ1) is 18.0. The zero-order chi connectivity index (χ0) is 25.8. The Labute approximate surface area is 221 Å². The van der Waals surface area contributed by atoms with Crippen LogP contribution in [0.3, 0.4) is 0 Å². The van der Waals surface area contributed by atoms with Gasteiger partial charge in [-0.05, 0) is 60.4 Å². The molecule has 1 aromatic heterocycles. The summed E-state index contributed by atoms with van der Waals surface area (Å²) in [4.78, 5) is 13.3. The van der Waals surface area contributed by atoms with Gasteiger partial charge in [0, 0.05) is 17.1 Å². The molecule has 0 radical (unpaired) electrons. The Balaban J connectivity index is 1.67. The molecule has 4 aromatic carbocycles. The fraction of sp³-hybridized carbons (Fsp3) is 0.161. The second-order valence-electron chi connectivity index (χ2n) is 9.42. The lowest BCUT2D eigenvalue weighted by molar-refractivity contribution is 0.0970. The number of ketones is 1. The average Bonchev–Trinajstić information content (AvgIpc) is 3.21. The molecule has 3 N–H and O–H groups in total. The van der Waals surface area contributed by atoms with E-state index in [4.69, 9.17) is 17.3 Å². The summed E-state index contributed by atoms with van der Waals surface area (Å²) in [6, 6.07) is 35.3. The molecular weight excluding hydrogens is 480 g/mol. The summed E-state index contributed by atoms with van der Waals surface area (Å²) in [5.41, 5.74) is 10.8. The third kappa shape index (κ3) is 5.01. The highest BCUT2D eigenvalue weighted by molar-refractivity contribution is 6.30. The summed E-state index contributed by atoms with van der Waals surface area (Å²) in [6.45, 7) is 0.373. The van der Waals surface area contributed by atoms with Crippen molar-refractivity contribution in [3.05, 3.63) is 137 Å². The lowest BCUT2D eigenvalue weighted by Gasteiger charge is -2.35. The number of carbonyl (C=O) groups excluding carboxylic acids is 1. The lowest BCUT2D eigenvalue weighted by Crippen LogP contribution is -2.50. The SMILES string of the molecule is N=c1n(CC(=O)c2ccc(Cl)cc2)c2ccccc2n1C(CN)(Cc1ccccc1)Cc1ccccc1. The number of hydrogen-bond donors (Lipinski definition) is 2. The van der Waals surface area contributed by atoms with E-state index in [0.29, 0.717) is 30.0 Å². The number of imidazole rings is 1. The minimum Gasteiger partial charge on any atom is -0.328 e. The summed E-state index contributed by atoms with van der Waals surface area (Å²) in [6.07, 6.45) is 1.30. The molecule has 0 fully saturated rings. The Morgan fingerprint density at radius 3 is 1.81 bits per heavy atom. The highest BCUT2D eigenvalue weighted by Crippen LogP contribution is 2.29. The number of halogens is 1. The molecule has 5 aromatic rings. The Kier molecular flexibility index (Phi) is 7.08. The van der Waals surface area contributed by atoms with Crippen LogP contribution in [0.4, 0.5) is 0 Å². The van der Waals surface area contributed by atoms with Crippen LogP contribution in [0.15, 0.2) is 109 Å². The maximum Gasteiger partial charge on any atom is 0.204 e. The van der Waals surface area contributed by atoms with Crippen molar-refractivity contribution in [2.24, 2.45) is 5.73 Å². The van der Waals surface area contributed by atoms with Crippen molar-refractivity contribution in [1.29, 1.82) is 5.41 Å². The summed E-state index contributed by atoms with van der Waals surface area (Å²) < 4.78 is 3.82. The second kappa shape index (κ2) is 10.6. The van der Waals surface area contributed by atoms with Gasteiger partial charge in [0.1, 0.15) is 0 Å². The molecule has 37 heavy (non-hydrogen) atoms. The van der Waals surface area contributed by atoms with E-state index in [2.05, 4.69) is 24.3 Å². The fourth-order valence-electron chi connectivity index (χ4n) is 5.15. The van der Waals surface area contributed by atoms with Gasteiger partial charge in [-0.1, -0.05) is 84.4 Å². The van der Waals surface area contributed by atoms with E-state index >= 15 is 0 Å². The number of para-hydroxylation sites is 2. The predicted octanol–water partition coefficient (Wildman–Crippen LogP) is 5.60. The molecule has 186 valence electrons. The van der Waals surface area contributed by atoms with E-state index < -0.39 is 5.54 Å². The number of benzene rings is 4.